The second-order valence-electron chi connectivity index (χ2n) is 7.20. The van der Waals surface area contributed by atoms with Gasteiger partial charge in [-0.15, -0.1) is 0 Å². The number of aryl methyl sites for hydroxylation is 1. The van der Waals surface area contributed by atoms with Gasteiger partial charge in [0.25, 0.3) is 0 Å². The van der Waals surface area contributed by atoms with Crippen LogP contribution >= 0.6 is 23.2 Å². The molecule has 0 aliphatic heterocycles. The largest absolute Gasteiger partial charge is 0.355 e. The average molecular weight is 459 g/mol. The minimum atomic E-state index is -0.157. The molecule has 1 aromatic heterocycles. The highest BCUT2D eigenvalue weighted by molar-refractivity contribution is 6.42. The van der Waals surface area contributed by atoms with Crippen molar-refractivity contribution in [1.29, 1.82) is 0 Å². The minimum Gasteiger partial charge on any atom is -0.355 e. The smallest absolute Gasteiger partial charge is 0.224 e. The van der Waals surface area contributed by atoms with E-state index in [2.05, 4.69) is 15.7 Å². The van der Waals surface area contributed by atoms with E-state index in [4.69, 9.17) is 23.2 Å². The van der Waals surface area contributed by atoms with Gasteiger partial charge >= 0.3 is 0 Å². The topological polar surface area (TPSA) is 76.0 Å². The first-order valence-electron chi connectivity index (χ1n) is 9.93. The van der Waals surface area contributed by atoms with Crippen LogP contribution in [0.1, 0.15) is 28.9 Å². The molecule has 0 aliphatic carbocycles. The second kappa shape index (κ2) is 10.5. The fraction of sp³-hybridized carbons (Fsp3) is 0.261. The van der Waals surface area contributed by atoms with Crippen molar-refractivity contribution < 1.29 is 9.59 Å². The molecule has 0 aliphatic rings. The second-order valence-corrected chi connectivity index (χ2v) is 8.01. The summed E-state index contributed by atoms with van der Waals surface area (Å²) in [7, 11) is 0. The standard InChI is InChI=1S/C23H24Cl2N4O2/c1-15-19(16(2)29(28-15)18-8-9-20(24)21(25)12-18)13-23(31)26-11-10-22(30)27-14-17-6-4-3-5-7-17/h3-9,12H,10-11,13-14H2,1-2H3,(H,26,31)(H,27,30). The summed E-state index contributed by atoms with van der Waals surface area (Å²) in [5.74, 6) is -0.264. The van der Waals surface area contributed by atoms with Crippen LogP contribution in [0.4, 0.5) is 0 Å². The molecule has 0 spiro atoms. The molecule has 2 amide bonds. The SMILES string of the molecule is Cc1nn(-c2ccc(Cl)c(Cl)c2)c(C)c1CC(=O)NCCC(=O)NCc1ccccc1. The highest BCUT2D eigenvalue weighted by Gasteiger charge is 2.16. The lowest BCUT2D eigenvalue weighted by atomic mass is 10.1. The zero-order valence-electron chi connectivity index (χ0n) is 17.4. The van der Waals surface area contributed by atoms with Gasteiger partial charge in [0.05, 0.1) is 27.8 Å². The van der Waals surface area contributed by atoms with E-state index < -0.39 is 0 Å². The lowest BCUT2D eigenvalue weighted by Crippen LogP contribution is -2.31. The Labute approximate surface area is 191 Å². The number of carbonyl (C=O) groups excluding carboxylic acids is 2. The van der Waals surface area contributed by atoms with Crippen LogP contribution in [0.2, 0.25) is 10.0 Å². The number of nitrogens with one attached hydrogen (secondary N) is 2. The zero-order valence-corrected chi connectivity index (χ0v) is 18.9. The fourth-order valence-electron chi connectivity index (χ4n) is 3.22. The summed E-state index contributed by atoms with van der Waals surface area (Å²) in [5, 5.41) is 11.1. The summed E-state index contributed by atoms with van der Waals surface area (Å²) in [4.78, 5) is 24.4. The Kier molecular flexibility index (Phi) is 7.71. The molecule has 6 nitrogen and oxygen atoms in total. The molecule has 2 aromatic carbocycles. The van der Waals surface area contributed by atoms with Gasteiger partial charge in [-0.25, -0.2) is 4.68 Å². The van der Waals surface area contributed by atoms with Crippen LogP contribution in [-0.4, -0.2) is 28.1 Å². The molecule has 8 heteroatoms. The summed E-state index contributed by atoms with van der Waals surface area (Å²) in [5.41, 5.74) is 4.27. The first-order valence-corrected chi connectivity index (χ1v) is 10.7. The molecule has 2 N–H and O–H groups in total. The van der Waals surface area contributed by atoms with Crippen molar-refractivity contribution in [1.82, 2.24) is 20.4 Å². The van der Waals surface area contributed by atoms with E-state index in [0.717, 1.165) is 28.2 Å². The average Bonchev–Trinajstić information content (AvgIpc) is 3.03. The van der Waals surface area contributed by atoms with E-state index in [9.17, 15) is 9.59 Å². The van der Waals surface area contributed by atoms with E-state index in [1.54, 1.807) is 16.8 Å². The van der Waals surface area contributed by atoms with Crippen LogP contribution in [0, 0.1) is 13.8 Å². The summed E-state index contributed by atoms with van der Waals surface area (Å²) < 4.78 is 1.75. The zero-order chi connectivity index (χ0) is 22.4. The molecular weight excluding hydrogens is 435 g/mol. The van der Waals surface area contributed by atoms with Crippen molar-refractivity contribution >= 4 is 35.0 Å². The molecule has 0 saturated heterocycles. The van der Waals surface area contributed by atoms with E-state index >= 15 is 0 Å². The Hall–Kier alpha value is -2.83. The first kappa shape index (κ1) is 22.8. The number of carbonyl (C=O) groups is 2. The summed E-state index contributed by atoms with van der Waals surface area (Å²) in [6, 6.07) is 15.0. The number of benzene rings is 2. The normalized spacial score (nSPS) is 10.7. The first-order chi connectivity index (χ1) is 14.8. The van der Waals surface area contributed by atoms with Crippen molar-refractivity contribution in [3.05, 3.63) is 81.1 Å². The van der Waals surface area contributed by atoms with Crippen molar-refractivity contribution in [2.24, 2.45) is 0 Å². The van der Waals surface area contributed by atoms with Crippen LogP contribution in [0.15, 0.2) is 48.5 Å². The van der Waals surface area contributed by atoms with Gasteiger partial charge in [-0.2, -0.15) is 5.10 Å². The number of aromatic nitrogens is 2. The maximum Gasteiger partial charge on any atom is 0.224 e. The van der Waals surface area contributed by atoms with E-state index in [-0.39, 0.29) is 31.2 Å². The van der Waals surface area contributed by atoms with Crippen molar-refractivity contribution in [2.45, 2.75) is 33.2 Å². The van der Waals surface area contributed by atoms with Crippen LogP contribution in [0.25, 0.3) is 5.69 Å². The molecule has 3 aromatic rings. The third kappa shape index (κ3) is 6.09. The molecule has 3 rings (SSSR count). The van der Waals surface area contributed by atoms with Gasteiger partial charge < -0.3 is 10.6 Å². The van der Waals surface area contributed by atoms with Crippen molar-refractivity contribution in [3.63, 3.8) is 0 Å². The van der Waals surface area contributed by atoms with Crippen molar-refractivity contribution in [2.75, 3.05) is 6.54 Å². The molecule has 162 valence electrons. The monoisotopic (exact) mass is 458 g/mol. The third-order valence-corrected chi connectivity index (χ3v) is 5.67. The third-order valence-electron chi connectivity index (χ3n) is 4.93. The summed E-state index contributed by atoms with van der Waals surface area (Å²) in [6.07, 6.45) is 0.406. The van der Waals surface area contributed by atoms with Gasteiger partial charge in [0.15, 0.2) is 0 Å². The quantitative estimate of drug-likeness (QED) is 0.531. The van der Waals surface area contributed by atoms with Gasteiger partial charge in [0.2, 0.25) is 11.8 Å². The van der Waals surface area contributed by atoms with Crippen LogP contribution < -0.4 is 10.6 Å². The minimum absolute atomic E-state index is 0.107. The van der Waals surface area contributed by atoms with Crippen LogP contribution in [0.5, 0.6) is 0 Å². The summed E-state index contributed by atoms with van der Waals surface area (Å²) in [6.45, 7) is 4.52. The number of nitrogens with zero attached hydrogens (tertiary/aromatic N) is 2. The lowest BCUT2D eigenvalue weighted by molar-refractivity contribution is -0.122. The molecular formula is C23H24Cl2N4O2. The highest BCUT2D eigenvalue weighted by Crippen LogP contribution is 2.26. The molecule has 31 heavy (non-hydrogen) atoms. The number of amides is 2. The Morgan fingerprint density at radius 1 is 0.968 bits per heavy atom. The Balaban J connectivity index is 1.52. The fourth-order valence-corrected chi connectivity index (χ4v) is 3.51. The van der Waals surface area contributed by atoms with Gasteiger partial charge in [0.1, 0.15) is 0 Å². The highest BCUT2D eigenvalue weighted by atomic mass is 35.5. The number of hydrogen-bond acceptors (Lipinski definition) is 3. The Bertz CT molecular complexity index is 1080. The van der Waals surface area contributed by atoms with E-state index in [1.807, 2.05) is 50.2 Å². The van der Waals surface area contributed by atoms with Crippen LogP contribution in [0.3, 0.4) is 0 Å². The predicted molar refractivity (Wildman–Crippen MR) is 123 cm³/mol. The summed E-state index contributed by atoms with van der Waals surface area (Å²) >= 11 is 12.1. The maximum absolute atomic E-state index is 12.4. The number of hydrogen-bond donors (Lipinski definition) is 2. The number of halogens is 2. The lowest BCUT2D eigenvalue weighted by Gasteiger charge is -2.08. The molecule has 0 radical (unpaired) electrons. The molecule has 0 saturated carbocycles. The molecule has 0 fully saturated rings. The van der Waals surface area contributed by atoms with Gasteiger partial charge in [0, 0.05) is 30.8 Å². The molecule has 0 bridgehead atoms. The van der Waals surface area contributed by atoms with Gasteiger partial charge in [-0.05, 0) is 37.6 Å². The van der Waals surface area contributed by atoms with Crippen LogP contribution in [-0.2, 0) is 22.6 Å². The van der Waals surface area contributed by atoms with Gasteiger partial charge in [-0.1, -0.05) is 53.5 Å². The maximum atomic E-state index is 12.4. The molecule has 0 atom stereocenters. The molecule has 0 unspecified atom stereocenters. The van der Waals surface area contributed by atoms with E-state index in [1.165, 1.54) is 0 Å². The predicted octanol–water partition coefficient (Wildman–Crippen LogP) is 4.16. The number of rotatable bonds is 8. The van der Waals surface area contributed by atoms with Gasteiger partial charge in [-0.3, -0.25) is 9.59 Å². The molecule has 1 heterocycles. The Morgan fingerprint density at radius 3 is 2.42 bits per heavy atom. The van der Waals surface area contributed by atoms with Crippen molar-refractivity contribution in [3.8, 4) is 5.69 Å². The Morgan fingerprint density at radius 2 is 1.71 bits per heavy atom. The van der Waals surface area contributed by atoms with E-state index in [0.29, 0.717) is 16.6 Å².